The molecule has 0 N–H and O–H groups in total. The number of hydrogen-bond donors (Lipinski definition) is 0. The molecule has 70 valence electrons. The standard InChI is InChI=1S/C11H11N3/c1-12-10-5-8-14(9-6-10)11-4-2-3-7-13-11/h2-9H,1H3. The van der Waals surface area contributed by atoms with Crippen LogP contribution >= 0.6 is 0 Å². The topological polar surface area (TPSA) is 30.2 Å². The van der Waals surface area contributed by atoms with Gasteiger partial charge >= 0.3 is 0 Å². The Morgan fingerprint density at radius 1 is 1.14 bits per heavy atom. The molecule has 3 nitrogen and oxygen atoms in total. The largest absolute Gasteiger partial charge is 0.309 e. The van der Waals surface area contributed by atoms with E-state index in [0.717, 1.165) is 11.2 Å². The van der Waals surface area contributed by atoms with Gasteiger partial charge in [-0.2, -0.15) is 0 Å². The van der Waals surface area contributed by atoms with Crippen molar-refractivity contribution in [1.82, 2.24) is 9.55 Å². The number of pyridine rings is 2. The summed E-state index contributed by atoms with van der Waals surface area (Å²) in [7, 11) is 1.78. The molecule has 0 fully saturated rings. The molecule has 2 rings (SSSR count). The van der Waals surface area contributed by atoms with E-state index in [1.807, 2.05) is 47.3 Å². The van der Waals surface area contributed by atoms with Crippen molar-refractivity contribution in [1.29, 1.82) is 0 Å². The Kier molecular flexibility index (Phi) is 2.40. The minimum atomic E-state index is 0.912. The normalized spacial score (nSPS) is 9.79. The van der Waals surface area contributed by atoms with Crippen molar-refractivity contribution in [3.8, 4) is 5.82 Å². The summed E-state index contributed by atoms with van der Waals surface area (Å²) in [5.74, 6) is 0.912. The van der Waals surface area contributed by atoms with E-state index < -0.39 is 0 Å². The highest BCUT2D eigenvalue weighted by Gasteiger charge is 1.91. The van der Waals surface area contributed by atoms with Gasteiger partial charge in [0.05, 0.1) is 5.36 Å². The Balaban J connectivity index is 2.44. The summed E-state index contributed by atoms with van der Waals surface area (Å²) < 4.78 is 1.95. The first kappa shape index (κ1) is 8.69. The quantitative estimate of drug-likeness (QED) is 0.660. The van der Waals surface area contributed by atoms with E-state index in [-0.39, 0.29) is 0 Å². The Bertz CT molecular complexity index is 451. The van der Waals surface area contributed by atoms with Gasteiger partial charge in [0.15, 0.2) is 0 Å². The summed E-state index contributed by atoms with van der Waals surface area (Å²) in [5.41, 5.74) is 0. The molecule has 0 atom stereocenters. The Hall–Kier alpha value is -1.90. The van der Waals surface area contributed by atoms with Gasteiger partial charge in [0.2, 0.25) is 0 Å². The lowest BCUT2D eigenvalue weighted by Crippen LogP contribution is -2.04. The van der Waals surface area contributed by atoms with Crippen LogP contribution in [-0.2, 0) is 0 Å². The Labute approximate surface area is 82.4 Å². The molecule has 0 saturated carbocycles. The summed E-state index contributed by atoms with van der Waals surface area (Å²) in [6.07, 6.45) is 5.68. The Morgan fingerprint density at radius 2 is 1.93 bits per heavy atom. The second kappa shape index (κ2) is 3.87. The van der Waals surface area contributed by atoms with Gasteiger partial charge in [0.25, 0.3) is 0 Å². The summed E-state index contributed by atoms with van der Waals surface area (Å²) in [6.45, 7) is 0. The van der Waals surface area contributed by atoms with Gasteiger partial charge in [0.1, 0.15) is 5.82 Å². The molecule has 3 heteroatoms. The van der Waals surface area contributed by atoms with Crippen LogP contribution in [0.2, 0.25) is 0 Å². The lowest BCUT2D eigenvalue weighted by molar-refractivity contribution is 0.974. The van der Waals surface area contributed by atoms with Crippen LogP contribution in [0.15, 0.2) is 53.9 Å². The zero-order valence-corrected chi connectivity index (χ0v) is 7.96. The van der Waals surface area contributed by atoms with Gasteiger partial charge in [-0.25, -0.2) is 4.98 Å². The molecule has 0 unspecified atom stereocenters. The van der Waals surface area contributed by atoms with Crippen molar-refractivity contribution in [2.24, 2.45) is 4.99 Å². The predicted octanol–water partition coefficient (Wildman–Crippen LogP) is 1.40. The molecule has 14 heavy (non-hydrogen) atoms. The van der Waals surface area contributed by atoms with E-state index in [1.165, 1.54) is 0 Å². The SMILES string of the molecule is CN=c1ccn(-c2ccccn2)cc1. The van der Waals surface area contributed by atoms with E-state index in [2.05, 4.69) is 9.98 Å². The number of hydrogen-bond acceptors (Lipinski definition) is 2. The maximum Gasteiger partial charge on any atom is 0.136 e. The molecule has 0 aliphatic heterocycles. The third kappa shape index (κ3) is 1.71. The van der Waals surface area contributed by atoms with Crippen LogP contribution in [0.3, 0.4) is 0 Å². The van der Waals surface area contributed by atoms with E-state index in [0.29, 0.717) is 0 Å². The molecule has 0 aromatic carbocycles. The molecule has 0 radical (unpaired) electrons. The molecule has 0 bridgehead atoms. The summed E-state index contributed by atoms with van der Waals surface area (Å²) in [5, 5.41) is 0.970. The van der Waals surface area contributed by atoms with Crippen LogP contribution in [0.25, 0.3) is 5.82 Å². The van der Waals surface area contributed by atoms with E-state index >= 15 is 0 Å². The molecule has 0 aliphatic carbocycles. The summed E-state index contributed by atoms with van der Waals surface area (Å²) in [4.78, 5) is 8.31. The van der Waals surface area contributed by atoms with Crippen molar-refractivity contribution >= 4 is 0 Å². The minimum absolute atomic E-state index is 0.912. The maximum absolute atomic E-state index is 4.24. The number of nitrogens with zero attached hydrogens (tertiary/aromatic N) is 3. The van der Waals surface area contributed by atoms with Crippen LogP contribution in [0.1, 0.15) is 0 Å². The maximum atomic E-state index is 4.24. The predicted molar refractivity (Wildman–Crippen MR) is 55.1 cm³/mol. The molecule has 2 heterocycles. The third-order valence-corrected chi connectivity index (χ3v) is 1.98. The first-order valence-electron chi connectivity index (χ1n) is 4.43. The zero-order chi connectivity index (χ0) is 9.80. The van der Waals surface area contributed by atoms with Gasteiger partial charge in [-0.15, -0.1) is 0 Å². The molecule has 0 saturated heterocycles. The van der Waals surface area contributed by atoms with Gasteiger partial charge in [-0.05, 0) is 24.3 Å². The van der Waals surface area contributed by atoms with Gasteiger partial charge in [0, 0.05) is 25.6 Å². The summed E-state index contributed by atoms with van der Waals surface area (Å²) >= 11 is 0. The van der Waals surface area contributed by atoms with Crippen molar-refractivity contribution in [3.05, 3.63) is 54.3 Å². The number of rotatable bonds is 1. The molecular weight excluding hydrogens is 174 g/mol. The van der Waals surface area contributed by atoms with Crippen molar-refractivity contribution in [3.63, 3.8) is 0 Å². The number of aromatic nitrogens is 2. The van der Waals surface area contributed by atoms with Crippen molar-refractivity contribution in [2.45, 2.75) is 0 Å². The van der Waals surface area contributed by atoms with Crippen LogP contribution in [0.4, 0.5) is 0 Å². The molecule has 0 amide bonds. The smallest absolute Gasteiger partial charge is 0.136 e. The van der Waals surface area contributed by atoms with Gasteiger partial charge in [-0.1, -0.05) is 6.07 Å². The van der Waals surface area contributed by atoms with Crippen LogP contribution in [0, 0.1) is 0 Å². The van der Waals surface area contributed by atoms with Gasteiger partial charge in [-0.3, -0.25) is 4.99 Å². The molecule has 0 aliphatic rings. The highest BCUT2D eigenvalue weighted by molar-refractivity contribution is 5.21. The molecule has 0 spiro atoms. The summed E-state index contributed by atoms with van der Waals surface area (Å²) in [6, 6.07) is 9.74. The fourth-order valence-electron chi connectivity index (χ4n) is 1.23. The van der Waals surface area contributed by atoms with Crippen LogP contribution in [0.5, 0.6) is 0 Å². The fraction of sp³-hybridized carbons (Fsp3) is 0.0909. The first-order chi connectivity index (χ1) is 6.90. The van der Waals surface area contributed by atoms with Crippen LogP contribution in [-0.4, -0.2) is 16.6 Å². The average molecular weight is 185 g/mol. The third-order valence-electron chi connectivity index (χ3n) is 1.98. The van der Waals surface area contributed by atoms with E-state index in [1.54, 1.807) is 13.2 Å². The van der Waals surface area contributed by atoms with E-state index in [4.69, 9.17) is 0 Å². The van der Waals surface area contributed by atoms with Crippen molar-refractivity contribution < 1.29 is 0 Å². The lowest BCUT2D eigenvalue weighted by atomic mass is 10.4. The molecule has 2 aromatic heterocycles. The molecular formula is C11H11N3. The Morgan fingerprint density at radius 3 is 2.50 bits per heavy atom. The minimum Gasteiger partial charge on any atom is -0.309 e. The first-order valence-corrected chi connectivity index (χ1v) is 4.43. The monoisotopic (exact) mass is 185 g/mol. The molecule has 2 aromatic rings. The fourth-order valence-corrected chi connectivity index (χ4v) is 1.23. The lowest BCUT2D eigenvalue weighted by Gasteiger charge is -2.03. The second-order valence-corrected chi connectivity index (χ2v) is 2.88. The highest BCUT2D eigenvalue weighted by Crippen LogP contribution is 1.99. The zero-order valence-electron chi connectivity index (χ0n) is 7.96. The van der Waals surface area contributed by atoms with Crippen LogP contribution < -0.4 is 5.36 Å². The van der Waals surface area contributed by atoms with Gasteiger partial charge < -0.3 is 4.57 Å². The van der Waals surface area contributed by atoms with Crippen molar-refractivity contribution in [2.75, 3.05) is 7.05 Å². The second-order valence-electron chi connectivity index (χ2n) is 2.88. The average Bonchev–Trinajstić information content (AvgIpc) is 2.30. The van der Waals surface area contributed by atoms with E-state index in [9.17, 15) is 0 Å². The highest BCUT2D eigenvalue weighted by atomic mass is 15.0.